The van der Waals surface area contributed by atoms with Crippen molar-refractivity contribution < 1.29 is 9.84 Å². The third-order valence-corrected chi connectivity index (χ3v) is 3.06. The molecule has 3 N–H and O–H groups in total. The first-order valence-electron chi connectivity index (χ1n) is 6.71. The van der Waals surface area contributed by atoms with Crippen LogP contribution in [0.15, 0.2) is 48.5 Å². The maximum atomic E-state index is 9.52. The predicted molar refractivity (Wildman–Crippen MR) is 82.3 cm³/mol. The Balaban J connectivity index is 1.91. The summed E-state index contributed by atoms with van der Waals surface area (Å²) in [5.74, 6) is 1.05. The monoisotopic (exact) mass is 272 g/mol. The summed E-state index contributed by atoms with van der Waals surface area (Å²) in [4.78, 5) is 2.14. The normalized spacial score (nSPS) is 10.2. The number of nitrogens with two attached hydrogens (primary N) is 1. The van der Waals surface area contributed by atoms with Gasteiger partial charge >= 0.3 is 0 Å². The van der Waals surface area contributed by atoms with Crippen molar-refractivity contribution in [1.29, 1.82) is 0 Å². The molecule has 0 bridgehead atoms. The van der Waals surface area contributed by atoms with Crippen LogP contribution in [0.2, 0.25) is 0 Å². The van der Waals surface area contributed by atoms with Gasteiger partial charge in [-0.1, -0.05) is 12.1 Å². The summed E-state index contributed by atoms with van der Waals surface area (Å²) >= 11 is 0. The number of phenols is 1. The van der Waals surface area contributed by atoms with Gasteiger partial charge in [-0.25, -0.2) is 0 Å². The molecule has 0 fully saturated rings. The van der Waals surface area contributed by atoms with E-state index in [1.54, 1.807) is 12.1 Å². The first-order chi connectivity index (χ1) is 9.69. The SMILES string of the molecule is CCN(CCOc1cccc(N)c1)c1cccc(O)c1. The van der Waals surface area contributed by atoms with Crippen molar-refractivity contribution in [2.24, 2.45) is 0 Å². The van der Waals surface area contributed by atoms with E-state index in [0.717, 1.165) is 24.5 Å². The Morgan fingerprint density at radius 1 is 1.15 bits per heavy atom. The first-order valence-corrected chi connectivity index (χ1v) is 6.71. The summed E-state index contributed by atoms with van der Waals surface area (Å²) in [5.41, 5.74) is 7.39. The number of hydrogen-bond acceptors (Lipinski definition) is 4. The largest absolute Gasteiger partial charge is 0.508 e. The van der Waals surface area contributed by atoms with Gasteiger partial charge in [0.05, 0.1) is 6.54 Å². The Morgan fingerprint density at radius 2 is 1.95 bits per heavy atom. The van der Waals surface area contributed by atoms with Gasteiger partial charge in [0.25, 0.3) is 0 Å². The minimum absolute atomic E-state index is 0.276. The van der Waals surface area contributed by atoms with E-state index in [9.17, 15) is 5.11 Å². The average molecular weight is 272 g/mol. The molecule has 2 rings (SSSR count). The van der Waals surface area contributed by atoms with Crippen molar-refractivity contribution in [2.75, 3.05) is 30.3 Å². The second-order valence-electron chi connectivity index (χ2n) is 4.52. The molecule has 0 radical (unpaired) electrons. The van der Waals surface area contributed by atoms with E-state index in [1.165, 1.54) is 0 Å². The molecule has 4 heteroatoms. The molecule has 0 amide bonds. The second kappa shape index (κ2) is 6.70. The number of nitrogens with zero attached hydrogens (tertiary/aromatic N) is 1. The van der Waals surface area contributed by atoms with Gasteiger partial charge in [-0.15, -0.1) is 0 Å². The van der Waals surface area contributed by atoms with Crippen LogP contribution in [-0.2, 0) is 0 Å². The average Bonchev–Trinajstić information content (AvgIpc) is 2.44. The van der Waals surface area contributed by atoms with Gasteiger partial charge in [0.1, 0.15) is 18.1 Å². The highest BCUT2D eigenvalue weighted by atomic mass is 16.5. The van der Waals surface area contributed by atoms with Gasteiger partial charge in [0.2, 0.25) is 0 Å². The van der Waals surface area contributed by atoms with Gasteiger partial charge in [-0.3, -0.25) is 0 Å². The number of rotatable bonds is 6. The second-order valence-corrected chi connectivity index (χ2v) is 4.52. The molecule has 0 aliphatic heterocycles. The van der Waals surface area contributed by atoms with Crippen molar-refractivity contribution in [3.63, 3.8) is 0 Å². The lowest BCUT2D eigenvalue weighted by molar-refractivity contribution is 0.324. The van der Waals surface area contributed by atoms with Gasteiger partial charge in [-0.05, 0) is 31.2 Å². The number of likely N-dealkylation sites (N-methyl/N-ethyl adjacent to an activating group) is 1. The van der Waals surface area contributed by atoms with E-state index in [0.29, 0.717) is 12.3 Å². The lowest BCUT2D eigenvalue weighted by Crippen LogP contribution is -2.27. The van der Waals surface area contributed by atoms with Crippen LogP contribution >= 0.6 is 0 Å². The fourth-order valence-electron chi connectivity index (χ4n) is 2.04. The number of hydrogen-bond donors (Lipinski definition) is 2. The highest BCUT2D eigenvalue weighted by Crippen LogP contribution is 2.20. The van der Waals surface area contributed by atoms with Gasteiger partial charge in [-0.2, -0.15) is 0 Å². The highest BCUT2D eigenvalue weighted by Gasteiger charge is 2.05. The number of anilines is 2. The number of aromatic hydroxyl groups is 1. The van der Waals surface area contributed by atoms with E-state index in [2.05, 4.69) is 11.8 Å². The Bertz CT molecular complexity index is 558. The lowest BCUT2D eigenvalue weighted by atomic mass is 10.2. The van der Waals surface area contributed by atoms with Crippen LogP contribution in [-0.4, -0.2) is 24.8 Å². The molecular weight excluding hydrogens is 252 g/mol. The molecule has 106 valence electrons. The summed E-state index contributed by atoms with van der Waals surface area (Å²) < 4.78 is 5.69. The molecule has 20 heavy (non-hydrogen) atoms. The zero-order chi connectivity index (χ0) is 14.4. The predicted octanol–water partition coefficient (Wildman–Crippen LogP) is 2.88. The Kier molecular flexibility index (Phi) is 4.71. The number of benzene rings is 2. The van der Waals surface area contributed by atoms with Gasteiger partial charge in [0.15, 0.2) is 0 Å². The van der Waals surface area contributed by atoms with Crippen LogP contribution < -0.4 is 15.4 Å². The molecule has 2 aromatic rings. The molecule has 0 unspecified atom stereocenters. The molecule has 0 spiro atoms. The maximum absolute atomic E-state index is 9.52. The summed E-state index contributed by atoms with van der Waals surface area (Å²) in [6, 6.07) is 14.6. The maximum Gasteiger partial charge on any atom is 0.121 e. The summed E-state index contributed by atoms with van der Waals surface area (Å²) in [5, 5.41) is 9.52. The lowest BCUT2D eigenvalue weighted by Gasteiger charge is -2.23. The standard InChI is InChI=1S/C16H20N2O2/c1-2-18(14-6-4-7-15(19)12-14)9-10-20-16-8-3-5-13(17)11-16/h3-8,11-12,19H,2,9-10,17H2,1H3. The van der Waals surface area contributed by atoms with Crippen LogP contribution in [0.1, 0.15) is 6.92 Å². The van der Waals surface area contributed by atoms with E-state index in [-0.39, 0.29) is 5.75 Å². The smallest absolute Gasteiger partial charge is 0.121 e. The van der Waals surface area contributed by atoms with Gasteiger partial charge in [0, 0.05) is 30.1 Å². The van der Waals surface area contributed by atoms with E-state index >= 15 is 0 Å². The summed E-state index contributed by atoms with van der Waals surface area (Å²) in [7, 11) is 0. The molecule has 4 nitrogen and oxygen atoms in total. The van der Waals surface area contributed by atoms with Crippen molar-refractivity contribution in [3.8, 4) is 11.5 Å². The number of nitrogen functional groups attached to an aromatic ring is 1. The fourth-order valence-corrected chi connectivity index (χ4v) is 2.04. The molecule has 0 saturated carbocycles. The minimum atomic E-state index is 0.276. The van der Waals surface area contributed by atoms with Crippen molar-refractivity contribution in [2.45, 2.75) is 6.92 Å². The Hall–Kier alpha value is -2.36. The quantitative estimate of drug-likeness (QED) is 0.794. The van der Waals surface area contributed by atoms with Crippen molar-refractivity contribution >= 4 is 11.4 Å². The Labute approximate surface area is 119 Å². The molecule has 0 aromatic heterocycles. The highest BCUT2D eigenvalue weighted by molar-refractivity contribution is 5.50. The third kappa shape index (κ3) is 3.82. The third-order valence-electron chi connectivity index (χ3n) is 3.06. The van der Waals surface area contributed by atoms with Crippen LogP contribution in [0.4, 0.5) is 11.4 Å². The van der Waals surface area contributed by atoms with Crippen LogP contribution in [0, 0.1) is 0 Å². The van der Waals surface area contributed by atoms with Crippen LogP contribution in [0.25, 0.3) is 0 Å². The minimum Gasteiger partial charge on any atom is -0.508 e. The summed E-state index contributed by atoms with van der Waals surface area (Å²) in [6.07, 6.45) is 0. The van der Waals surface area contributed by atoms with E-state index < -0.39 is 0 Å². The topological polar surface area (TPSA) is 58.7 Å². The van der Waals surface area contributed by atoms with Gasteiger partial charge < -0.3 is 20.5 Å². The number of phenolic OH excluding ortho intramolecular Hbond substituents is 1. The molecule has 0 aliphatic carbocycles. The molecule has 0 atom stereocenters. The van der Waals surface area contributed by atoms with Crippen LogP contribution in [0.3, 0.4) is 0 Å². The first kappa shape index (κ1) is 14.1. The number of ether oxygens (including phenoxy) is 1. The zero-order valence-corrected chi connectivity index (χ0v) is 11.6. The molecular formula is C16H20N2O2. The van der Waals surface area contributed by atoms with Crippen molar-refractivity contribution in [1.82, 2.24) is 0 Å². The summed E-state index contributed by atoms with van der Waals surface area (Å²) in [6.45, 7) is 4.23. The van der Waals surface area contributed by atoms with Crippen molar-refractivity contribution in [3.05, 3.63) is 48.5 Å². The zero-order valence-electron chi connectivity index (χ0n) is 11.6. The molecule has 0 saturated heterocycles. The fraction of sp³-hybridized carbons (Fsp3) is 0.250. The molecule has 2 aromatic carbocycles. The van der Waals surface area contributed by atoms with E-state index in [4.69, 9.17) is 10.5 Å². The molecule has 0 heterocycles. The van der Waals surface area contributed by atoms with Crippen LogP contribution in [0.5, 0.6) is 11.5 Å². The molecule has 0 aliphatic rings. The Morgan fingerprint density at radius 3 is 2.65 bits per heavy atom. The van der Waals surface area contributed by atoms with E-state index in [1.807, 2.05) is 36.4 Å².